The van der Waals surface area contributed by atoms with E-state index in [1.807, 2.05) is 0 Å². The molecule has 0 bridgehead atoms. The van der Waals surface area contributed by atoms with Gasteiger partial charge in [-0.2, -0.15) is 0 Å². The second-order valence-corrected chi connectivity index (χ2v) is 4.14. The van der Waals surface area contributed by atoms with E-state index in [1.165, 1.54) is 0 Å². The van der Waals surface area contributed by atoms with Gasteiger partial charge in [-0.15, -0.1) is 0 Å². The summed E-state index contributed by atoms with van der Waals surface area (Å²) < 4.78 is 52.9. The molecule has 0 radical (unpaired) electrons. The standard InChI is InChI=1S/C11H10F4O/c12-6-4-7(13)10(15)8(9(6)14)11(5-16)2-1-3-11/h4,16H,1-3,5H2. The molecular formula is C11H10F4O. The third-order valence-electron chi connectivity index (χ3n) is 3.26. The van der Waals surface area contributed by atoms with Crippen LogP contribution in [0.15, 0.2) is 6.07 Å². The first-order valence-corrected chi connectivity index (χ1v) is 4.96. The van der Waals surface area contributed by atoms with E-state index >= 15 is 0 Å². The summed E-state index contributed by atoms with van der Waals surface area (Å²) in [6.07, 6.45) is 1.35. The van der Waals surface area contributed by atoms with Crippen LogP contribution in [-0.4, -0.2) is 11.7 Å². The lowest BCUT2D eigenvalue weighted by molar-refractivity contribution is 0.111. The van der Waals surface area contributed by atoms with Gasteiger partial charge in [-0.1, -0.05) is 6.42 Å². The molecule has 1 aliphatic rings. The van der Waals surface area contributed by atoms with E-state index in [9.17, 15) is 17.6 Å². The van der Waals surface area contributed by atoms with Crippen LogP contribution in [0.2, 0.25) is 0 Å². The summed E-state index contributed by atoms with van der Waals surface area (Å²) >= 11 is 0. The predicted octanol–water partition coefficient (Wildman–Crippen LogP) is 2.66. The number of aliphatic hydroxyl groups excluding tert-OH is 1. The Hall–Kier alpha value is -1.10. The second-order valence-electron chi connectivity index (χ2n) is 4.14. The van der Waals surface area contributed by atoms with Crippen molar-refractivity contribution in [2.24, 2.45) is 0 Å². The molecule has 88 valence electrons. The summed E-state index contributed by atoms with van der Waals surface area (Å²) in [6.45, 7) is -0.510. The molecule has 1 fully saturated rings. The maximum absolute atomic E-state index is 13.5. The van der Waals surface area contributed by atoms with Crippen LogP contribution >= 0.6 is 0 Å². The van der Waals surface area contributed by atoms with Gasteiger partial charge in [0.15, 0.2) is 23.3 Å². The van der Waals surface area contributed by atoms with Gasteiger partial charge in [0.1, 0.15) is 0 Å². The predicted molar refractivity (Wildman–Crippen MR) is 48.9 cm³/mol. The van der Waals surface area contributed by atoms with Gasteiger partial charge >= 0.3 is 0 Å². The fourth-order valence-corrected chi connectivity index (χ4v) is 2.13. The molecule has 5 heteroatoms. The number of halogens is 4. The lowest BCUT2D eigenvalue weighted by Crippen LogP contribution is -2.40. The molecule has 16 heavy (non-hydrogen) atoms. The Kier molecular flexibility index (Phi) is 2.66. The first kappa shape index (κ1) is 11.4. The van der Waals surface area contributed by atoms with Crippen molar-refractivity contribution in [3.05, 3.63) is 34.9 Å². The van der Waals surface area contributed by atoms with E-state index in [0.717, 1.165) is 0 Å². The van der Waals surface area contributed by atoms with Gasteiger partial charge in [0.2, 0.25) is 0 Å². The quantitative estimate of drug-likeness (QED) is 0.616. The first-order valence-electron chi connectivity index (χ1n) is 4.96. The first-order chi connectivity index (χ1) is 7.52. The van der Waals surface area contributed by atoms with E-state index < -0.39 is 40.9 Å². The molecule has 0 heterocycles. The van der Waals surface area contributed by atoms with Gasteiger partial charge in [-0.25, -0.2) is 17.6 Å². The maximum Gasteiger partial charge on any atom is 0.165 e. The largest absolute Gasteiger partial charge is 0.395 e. The van der Waals surface area contributed by atoms with Crippen LogP contribution in [0, 0.1) is 23.3 Å². The summed E-state index contributed by atoms with van der Waals surface area (Å²) in [5.41, 5.74) is -1.81. The highest BCUT2D eigenvalue weighted by Gasteiger charge is 2.43. The lowest BCUT2D eigenvalue weighted by atomic mass is 9.64. The third-order valence-corrected chi connectivity index (χ3v) is 3.26. The molecule has 0 unspecified atom stereocenters. The van der Waals surface area contributed by atoms with Crippen LogP contribution in [0.5, 0.6) is 0 Å². The van der Waals surface area contributed by atoms with Crippen LogP contribution in [0.4, 0.5) is 17.6 Å². The monoisotopic (exact) mass is 234 g/mol. The van der Waals surface area contributed by atoms with E-state index in [2.05, 4.69) is 0 Å². The Morgan fingerprint density at radius 1 is 1.06 bits per heavy atom. The van der Waals surface area contributed by atoms with Gasteiger partial charge < -0.3 is 5.11 Å². The number of hydrogen-bond acceptors (Lipinski definition) is 1. The molecule has 1 N–H and O–H groups in total. The van der Waals surface area contributed by atoms with Gasteiger partial charge in [0, 0.05) is 17.0 Å². The van der Waals surface area contributed by atoms with E-state index in [1.54, 1.807) is 0 Å². The summed E-state index contributed by atoms with van der Waals surface area (Å²) in [5, 5.41) is 9.14. The van der Waals surface area contributed by atoms with E-state index in [0.29, 0.717) is 19.3 Å². The number of aliphatic hydroxyl groups is 1. The normalized spacial score (nSPS) is 18.3. The summed E-state index contributed by atoms with van der Waals surface area (Å²) in [6, 6.07) is 0.178. The molecule has 1 nitrogen and oxygen atoms in total. The maximum atomic E-state index is 13.5. The molecule has 0 aromatic heterocycles. The molecule has 1 aromatic carbocycles. The van der Waals surface area contributed by atoms with Crippen molar-refractivity contribution >= 4 is 0 Å². The molecule has 0 spiro atoms. The minimum absolute atomic E-state index is 0.178. The molecule has 0 atom stereocenters. The Bertz CT molecular complexity index is 395. The second kappa shape index (κ2) is 3.73. The van der Waals surface area contributed by atoms with E-state index in [-0.39, 0.29) is 6.07 Å². The smallest absolute Gasteiger partial charge is 0.165 e. The lowest BCUT2D eigenvalue weighted by Gasteiger charge is -2.41. The molecule has 0 aliphatic heterocycles. The van der Waals surface area contributed by atoms with E-state index in [4.69, 9.17) is 5.11 Å². The van der Waals surface area contributed by atoms with Crippen molar-refractivity contribution in [1.29, 1.82) is 0 Å². The summed E-state index contributed by atoms with van der Waals surface area (Å²) in [4.78, 5) is 0. The number of benzene rings is 1. The Morgan fingerprint density at radius 3 is 1.88 bits per heavy atom. The zero-order valence-corrected chi connectivity index (χ0v) is 8.36. The van der Waals surface area contributed by atoms with Crippen molar-refractivity contribution in [3.63, 3.8) is 0 Å². The molecule has 1 saturated carbocycles. The number of rotatable bonds is 2. The summed E-state index contributed by atoms with van der Waals surface area (Å²) in [7, 11) is 0. The average Bonchev–Trinajstić information content (AvgIpc) is 2.19. The van der Waals surface area contributed by atoms with Crippen LogP contribution < -0.4 is 0 Å². The van der Waals surface area contributed by atoms with Crippen molar-refractivity contribution in [3.8, 4) is 0 Å². The molecule has 1 aromatic rings. The fraction of sp³-hybridized carbons (Fsp3) is 0.455. The average molecular weight is 234 g/mol. The van der Waals surface area contributed by atoms with Crippen molar-refractivity contribution in [2.45, 2.75) is 24.7 Å². The van der Waals surface area contributed by atoms with Gasteiger partial charge in [-0.3, -0.25) is 0 Å². The van der Waals surface area contributed by atoms with Crippen LogP contribution in [0.25, 0.3) is 0 Å². The molecule has 1 aliphatic carbocycles. The zero-order chi connectivity index (χ0) is 11.9. The zero-order valence-electron chi connectivity index (χ0n) is 8.36. The molecular weight excluding hydrogens is 224 g/mol. The highest BCUT2D eigenvalue weighted by molar-refractivity contribution is 5.33. The van der Waals surface area contributed by atoms with Gasteiger partial charge in [0.25, 0.3) is 0 Å². The highest BCUT2D eigenvalue weighted by Crippen LogP contribution is 2.46. The topological polar surface area (TPSA) is 20.2 Å². The minimum atomic E-state index is -1.42. The van der Waals surface area contributed by atoms with Crippen molar-refractivity contribution < 1.29 is 22.7 Å². The minimum Gasteiger partial charge on any atom is -0.395 e. The summed E-state index contributed by atoms with van der Waals surface area (Å²) in [5.74, 6) is -5.64. The van der Waals surface area contributed by atoms with Gasteiger partial charge in [-0.05, 0) is 12.8 Å². The third kappa shape index (κ3) is 1.42. The molecule has 2 rings (SSSR count). The van der Waals surface area contributed by atoms with Crippen LogP contribution in [-0.2, 0) is 5.41 Å². The SMILES string of the molecule is OCC1(c2c(F)c(F)cc(F)c2F)CCC1. The Balaban J connectivity index is 2.63. The van der Waals surface area contributed by atoms with Crippen molar-refractivity contribution in [2.75, 3.05) is 6.61 Å². The highest BCUT2D eigenvalue weighted by atomic mass is 19.2. The van der Waals surface area contributed by atoms with Crippen LogP contribution in [0.3, 0.4) is 0 Å². The number of hydrogen-bond donors (Lipinski definition) is 1. The Morgan fingerprint density at radius 2 is 1.56 bits per heavy atom. The van der Waals surface area contributed by atoms with Crippen molar-refractivity contribution in [1.82, 2.24) is 0 Å². The van der Waals surface area contributed by atoms with Crippen LogP contribution in [0.1, 0.15) is 24.8 Å². The fourth-order valence-electron chi connectivity index (χ4n) is 2.13. The van der Waals surface area contributed by atoms with Gasteiger partial charge in [0.05, 0.1) is 6.61 Å². The molecule has 0 amide bonds. The molecule has 0 saturated heterocycles. The Labute approximate surface area is 89.7 Å².